The highest BCUT2D eigenvalue weighted by Gasteiger charge is 2.38. The van der Waals surface area contributed by atoms with E-state index in [0.29, 0.717) is 0 Å². The van der Waals surface area contributed by atoms with Gasteiger partial charge in [0.25, 0.3) is 0 Å². The van der Waals surface area contributed by atoms with Gasteiger partial charge < -0.3 is 0 Å². The molecule has 0 amide bonds. The third-order valence-electron chi connectivity index (χ3n) is 3.11. The highest BCUT2D eigenvalue weighted by molar-refractivity contribution is 7.94. The lowest BCUT2D eigenvalue weighted by atomic mass is 10.2. The second-order valence-electron chi connectivity index (χ2n) is 5.59. The minimum Gasteiger partial charge on any atom is -0.248 e. The number of nitrogens with one attached hydrogen (secondary N) is 2. The van der Waals surface area contributed by atoms with E-state index in [4.69, 9.17) is 4.78 Å². The Morgan fingerprint density at radius 1 is 1.41 bits per heavy atom. The predicted molar refractivity (Wildman–Crippen MR) is 73.7 cm³/mol. The summed E-state index contributed by atoms with van der Waals surface area (Å²) < 4.78 is 36.4. The summed E-state index contributed by atoms with van der Waals surface area (Å²) >= 11 is 0.776. The van der Waals surface area contributed by atoms with Gasteiger partial charge in [-0.15, -0.1) is 0 Å². The Balaban J connectivity index is 3.03. The van der Waals surface area contributed by atoms with E-state index in [-0.39, 0.29) is 9.25 Å². The van der Waals surface area contributed by atoms with Crippen molar-refractivity contribution in [3.63, 3.8) is 0 Å². The Bertz CT molecular complexity index is 503. The van der Waals surface area contributed by atoms with Crippen molar-refractivity contribution in [2.24, 2.45) is 0 Å². The van der Waals surface area contributed by atoms with E-state index in [9.17, 15) is 8.60 Å². The second-order valence-corrected chi connectivity index (χ2v) is 14.0. The number of hydrogen-bond donors (Lipinski definition) is 2. The van der Waals surface area contributed by atoms with Gasteiger partial charge in [-0.1, -0.05) is 45.2 Å². The fourth-order valence-corrected chi connectivity index (χ4v) is 7.32. The first-order chi connectivity index (χ1) is 7.46. The molecule has 0 aliphatic carbocycles. The van der Waals surface area contributed by atoms with Crippen molar-refractivity contribution in [3.8, 4) is 0 Å². The molecular formula is C10H19FN2OS2Si. The molecule has 98 valence electrons. The molecule has 0 aliphatic rings. The molecule has 2 N–H and O–H groups in total. The zero-order chi connectivity index (χ0) is 13.5. The molecule has 3 nitrogen and oxygen atoms in total. The highest BCUT2D eigenvalue weighted by atomic mass is 32.2. The van der Waals surface area contributed by atoms with Gasteiger partial charge in [0.1, 0.15) is 22.4 Å². The van der Waals surface area contributed by atoms with Gasteiger partial charge >= 0.3 is 0 Å². The molecule has 0 bridgehead atoms. The van der Waals surface area contributed by atoms with Crippen LogP contribution in [0.1, 0.15) is 20.8 Å². The van der Waals surface area contributed by atoms with Crippen LogP contribution in [0, 0.1) is 9.91 Å². The van der Waals surface area contributed by atoms with Crippen LogP contribution in [0.25, 0.3) is 0 Å². The van der Waals surface area contributed by atoms with Gasteiger partial charge in [0, 0.05) is 0 Å². The Morgan fingerprint density at radius 3 is 2.29 bits per heavy atom. The molecule has 0 aliphatic heterocycles. The van der Waals surface area contributed by atoms with Crippen LogP contribution in [0.4, 0.5) is 4.39 Å². The highest BCUT2D eigenvalue weighted by Crippen LogP contribution is 2.35. The first-order valence-electron chi connectivity index (χ1n) is 5.29. The third kappa shape index (κ3) is 3.37. The summed E-state index contributed by atoms with van der Waals surface area (Å²) in [6.45, 7) is 10.3. The largest absolute Gasteiger partial charge is 0.248 e. The van der Waals surface area contributed by atoms with Crippen molar-refractivity contribution in [1.82, 2.24) is 4.39 Å². The second kappa shape index (κ2) is 4.45. The first-order valence-corrected chi connectivity index (χ1v) is 10.7. The molecule has 0 radical (unpaired) electrons. The average molecular weight is 294 g/mol. The molecule has 0 saturated carbocycles. The van der Waals surface area contributed by atoms with Crippen LogP contribution < -0.4 is 4.39 Å². The number of rotatable bonds is 3. The van der Waals surface area contributed by atoms with Crippen LogP contribution in [-0.4, -0.2) is 12.4 Å². The predicted octanol–water partition coefficient (Wildman–Crippen LogP) is 3.80. The molecule has 7 heteroatoms. The Kier molecular flexibility index (Phi) is 3.88. The zero-order valence-corrected chi connectivity index (χ0v) is 13.4. The summed E-state index contributed by atoms with van der Waals surface area (Å²) in [5.41, 5.74) is 0. The van der Waals surface area contributed by atoms with Gasteiger partial charge in [0.15, 0.2) is 5.13 Å². The molecule has 1 heterocycles. The maximum absolute atomic E-state index is 12.9. The van der Waals surface area contributed by atoms with E-state index < -0.39 is 23.3 Å². The summed E-state index contributed by atoms with van der Waals surface area (Å²) in [5.74, 6) is 0. The monoisotopic (exact) mass is 294 g/mol. The van der Waals surface area contributed by atoms with E-state index in [1.54, 1.807) is 0 Å². The molecular weight excluding hydrogens is 275 g/mol. The van der Waals surface area contributed by atoms with Gasteiger partial charge in [-0.25, -0.2) is 13.4 Å². The van der Waals surface area contributed by atoms with Gasteiger partial charge in [-0.05, 0) is 17.2 Å². The molecule has 0 aromatic carbocycles. The summed E-state index contributed by atoms with van der Waals surface area (Å²) in [4.78, 5) is 0. The van der Waals surface area contributed by atoms with Gasteiger partial charge in [-0.3, -0.25) is 0 Å². The van der Waals surface area contributed by atoms with Crippen molar-refractivity contribution < 1.29 is 8.60 Å². The lowest BCUT2D eigenvalue weighted by molar-refractivity contribution is 0.657. The Hall–Kier alpha value is -0.243. The summed E-state index contributed by atoms with van der Waals surface area (Å²) in [7, 11) is -5.13. The Morgan fingerprint density at radius 2 is 1.94 bits per heavy atom. The van der Waals surface area contributed by atoms with Crippen LogP contribution in [0.5, 0.6) is 0 Å². The molecule has 1 atom stereocenters. The van der Waals surface area contributed by atoms with Crippen molar-refractivity contribution in [3.05, 3.63) is 17.3 Å². The molecule has 0 fully saturated rings. The van der Waals surface area contributed by atoms with Crippen molar-refractivity contribution >= 4 is 29.5 Å². The lowest BCUT2D eigenvalue weighted by Gasteiger charge is -2.37. The van der Waals surface area contributed by atoms with Crippen molar-refractivity contribution in [2.45, 2.75) is 43.1 Å². The van der Waals surface area contributed by atoms with Crippen LogP contribution in [0.2, 0.25) is 18.1 Å². The molecule has 0 saturated heterocycles. The summed E-state index contributed by atoms with van der Waals surface area (Å²) in [6.07, 6.45) is 0. The van der Waals surface area contributed by atoms with Gasteiger partial charge in [0.2, 0.25) is 0 Å². The maximum atomic E-state index is 12.9. The molecule has 1 unspecified atom stereocenters. The fourth-order valence-electron chi connectivity index (χ4n) is 1.01. The van der Waals surface area contributed by atoms with Crippen molar-refractivity contribution in [1.29, 1.82) is 4.78 Å². The topological polar surface area (TPSA) is 53.0 Å². The number of thiophene rings is 1. The molecule has 1 rings (SSSR count). The summed E-state index contributed by atoms with van der Waals surface area (Å²) in [6, 6.07) is 2.68. The molecule has 17 heavy (non-hydrogen) atoms. The maximum Gasteiger partial charge on any atom is 0.177 e. The average Bonchev–Trinajstić information content (AvgIpc) is 2.48. The van der Waals surface area contributed by atoms with Gasteiger partial charge in [0.05, 0.1) is 0 Å². The minimum atomic E-state index is -3.09. The fraction of sp³-hybridized carbons (Fsp3) is 0.600. The van der Waals surface area contributed by atoms with Gasteiger partial charge in [-0.2, -0.15) is 4.39 Å². The van der Waals surface area contributed by atoms with Crippen molar-refractivity contribution in [2.75, 3.05) is 0 Å². The van der Waals surface area contributed by atoms with E-state index >= 15 is 0 Å². The van der Waals surface area contributed by atoms with E-state index in [1.807, 2.05) is 13.1 Å². The first kappa shape index (κ1) is 14.8. The smallest absolute Gasteiger partial charge is 0.177 e. The van der Waals surface area contributed by atoms with E-state index in [2.05, 4.69) is 25.2 Å². The number of halogens is 1. The van der Waals surface area contributed by atoms with Crippen LogP contribution >= 0.6 is 11.3 Å². The van der Waals surface area contributed by atoms with E-state index in [1.165, 1.54) is 12.1 Å². The molecule has 1 aromatic heterocycles. The standard InChI is InChI=1S/C10H19FN2OS2Si/c1-10(2,3)17(4,5)13-16(12,14)9-7-6-8(11)15-9/h6-7H,1-5H3,(H2,12,13,14). The van der Waals surface area contributed by atoms with Crippen LogP contribution in [0.3, 0.4) is 0 Å². The minimum absolute atomic E-state index is 0.0213. The van der Waals surface area contributed by atoms with Crippen LogP contribution in [-0.2, 0) is 9.92 Å². The molecule has 1 aromatic rings. The summed E-state index contributed by atoms with van der Waals surface area (Å²) in [5, 5.41) is -0.427. The SMILES string of the molecule is CC(C)(C)[Si](C)(C)NS(=N)(=O)c1ccc(F)s1. The molecule has 0 spiro atoms. The van der Waals surface area contributed by atoms with E-state index in [0.717, 1.165) is 11.3 Å². The normalized spacial score (nSPS) is 16.8. The van der Waals surface area contributed by atoms with Crippen LogP contribution in [0.15, 0.2) is 16.3 Å². The quantitative estimate of drug-likeness (QED) is 0.818. The zero-order valence-electron chi connectivity index (χ0n) is 10.8. The number of hydrogen-bond acceptors (Lipinski definition) is 3. The third-order valence-corrected chi connectivity index (χ3v) is 12.4. The lowest BCUT2D eigenvalue weighted by Crippen LogP contribution is -2.53. The Labute approximate surface area is 108 Å².